The van der Waals surface area contributed by atoms with Gasteiger partial charge in [0.1, 0.15) is 6.61 Å². The Morgan fingerprint density at radius 3 is 2.36 bits per heavy atom. The van der Waals surface area contributed by atoms with Gasteiger partial charge < -0.3 is 19.1 Å². The van der Waals surface area contributed by atoms with Crippen LogP contribution in [0.5, 0.6) is 0 Å². The lowest BCUT2D eigenvalue weighted by molar-refractivity contribution is -0.142. The molecule has 1 aliphatic heterocycles. The molecule has 6 heteroatoms. The van der Waals surface area contributed by atoms with Crippen molar-refractivity contribution in [2.75, 3.05) is 39.5 Å². The summed E-state index contributed by atoms with van der Waals surface area (Å²) >= 11 is 0. The van der Waals surface area contributed by atoms with E-state index in [1.807, 2.05) is 6.92 Å². The summed E-state index contributed by atoms with van der Waals surface area (Å²) in [6.45, 7) is 7.47. The normalized spacial score (nSPS) is 16.8. The molecule has 0 saturated carbocycles. The summed E-state index contributed by atoms with van der Waals surface area (Å²) < 4.78 is 15.0. The van der Waals surface area contributed by atoms with Crippen molar-refractivity contribution in [1.29, 1.82) is 0 Å². The van der Waals surface area contributed by atoms with Crippen LogP contribution in [0.15, 0.2) is 0 Å². The van der Waals surface area contributed by atoms with Gasteiger partial charge in [-0.05, 0) is 38.8 Å². The fourth-order valence-electron chi connectivity index (χ4n) is 2.37. The summed E-state index contributed by atoms with van der Waals surface area (Å²) in [5.41, 5.74) is 0. The van der Waals surface area contributed by atoms with E-state index in [2.05, 4.69) is 4.90 Å². The number of hydrogen-bond acceptors (Lipinski definition) is 6. The third-order valence-corrected chi connectivity index (χ3v) is 3.82. The van der Waals surface area contributed by atoms with Gasteiger partial charge in [0.15, 0.2) is 0 Å². The predicted molar refractivity (Wildman–Crippen MR) is 82.6 cm³/mol. The fraction of sp³-hybridized carbons (Fsp3) is 0.875. The predicted octanol–water partition coefficient (Wildman–Crippen LogP) is 2.60. The maximum absolute atomic E-state index is 11.5. The van der Waals surface area contributed by atoms with Crippen LogP contribution in [0.1, 0.15) is 46.0 Å². The highest BCUT2D eigenvalue weighted by Gasteiger charge is 2.13. The monoisotopic (exact) mass is 315 g/mol. The molecule has 1 aliphatic rings. The van der Waals surface area contributed by atoms with Crippen LogP contribution in [-0.4, -0.2) is 56.5 Å². The highest BCUT2D eigenvalue weighted by atomic mass is 16.7. The van der Waals surface area contributed by atoms with E-state index in [9.17, 15) is 9.59 Å². The van der Waals surface area contributed by atoms with Crippen LogP contribution in [0, 0.1) is 5.92 Å². The zero-order valence-corrected chi connectivity index (χ0v) is 13.8. The number of carbonyl (C=O) groups is 2. The van der Waals surface area contributed by atoms with E-state index in [-0.39, 0.29) is 25.1 Å². The van der Waals surface area contributed by atoms with E-state index in [1.54, 1.807) is 0 Å². The summed E-state index contributed by atoms with van der Waals surface area (Å²) in [5.74, 6) is -0.302. The molecule has 128 valence electrons. The van der Waals surface area contributed by atoms with Crippen molar-refractivity contribution in [1.82, 2.24) is 4.90 Å². The van der Waals surface area contributed by atoms with Crippen molar-refractivity contribution in [2.24, 2.45) is 5.92 Å². The molecule has 0 aromatic rings. The SMILES string of the molecule is CCC(COC(C)=O)COC(=O)OCCCN1CCCCC1. The number of nitrogens with zero attached hydrogens (tertiary/aromatic N) is 1. The summed E-state index contributed by atoms with van der Waals surface area (Å²) in [6, 6.07) is 0. The first kappa shape index (κ1) is 18.7. The minimum absolute atomic E-state index is 0.0183. The van der Waals surface area contributed by atoms with Crippen LogP contribution in [0.25, 0.3) is 0 Å². The van der Waals surface area contributed by atoms with Gasteiger partial charge in [0.25, 0.3) is 0 Å². The number of piperidine rings is 1. The third kappa shape index (κ3) is 8.87. The van der Waals surface area contributed by atoms with Gasteiger partial charge in [0.05, 0.1) is 13.2 Å². The van der Waals surface area contributed by atoms with Gasteiger partial charge in [-0.25, -0.2) is 4.79 Å². The Balaban J connectivity index is 2.03. The lowest BCUT2D eigenvalue weighted by atomic mass is 10.1. The van der Waals surface area contributed by atoms with Gasteiger partial charge in [-0.15, -0.1) is 0 Å². The van der Waals surface area contributed by atoms with E-state index in [1.165, 1.54) is 26.2 Å². The van der Waals surface area contributed by atoms with Crippen LogP contribution in [0.4, 0.5) is 4.79 Å². The van der Waals surface area contributed by atoms with Crippen LogP contribution >= 0.6 is 0 Å². The molecule has 22 heavy (non-hydrogen) atoms. The first-order valence-corrected chi connectivity index (χ1v) is 8.27. The Hall–Kier alpha value is -1.30. The second kappa shape index (κ2) is 11.3. The second-order valence-electron chi connectivity index (χ2n) is 5.74. The topological polar surface area (TPSA) is 65.1 Å². The second-order valence-corrected chi connectivity index (χ2v) is 5.74. The minimum Gasteiger partial charge on any atom is -0.465 e. The maximum Gasteiger partial charge on any atom is 0.508 e. The molecule has 0 aromatic carbocycles. The highest BCUT2D eigenvalue weighted by Crippen LogP contribution is 2.09. The van der Waals surface area contributed by atoms with Gasteiger partial charge >= 0.3 is 12.1 Å². The molecule has 0 bridgehead atoms. The van der Waals surface area contributed by atoms with Gasteiger partial charge in [0, 0.05) is 19.4 Å². The number of likely N-dealkylation sites (tertiary alicyclic amines) is 1. The first-order chi connectivity index (χ1) is 10.6. The average molecular weight is 315 g/mol. The zero-order chi connectivity index (χ0) is 16.2. The largest absolute Gasteiger partial charge is 0.508 e. The molecule has 1 atom stereocenters. The summed E-state index contributed by atoms with van der Waals surface area (Å²) in [7, 11) is 0. The molecule has 1 fully saturated rings. The smallest absolute Gasteiger partial charge is 0.465 e. The van der Waals surface area contributed by atoms with Crippen LogP contribution in [0.3, 0.4) is 0 Å². The Kier molecular flexibility index (Phi) is 9.62. The summed E-state index contributed by atoms with van der Waals surface area (Å²) in [6.07, 6.45) is 4.83. The van der Waals surface area contributed by atoms with Gasteiger partial charge in [-0.3, -0.25) is 4.79 Å². The van der Waals surface area contributed by atoms with E-state index >= 15 is 0 Å². The van der Waals surface area contributed by atoms with E-state index < -0.39 is 6.16 Å². The molecule has 0 aliphatic carbocycles. The molecule has 6 nitrogen and oxygen atoms in total. The molecular weight excluding hydrogens is 286 g/mol. The van der Waals surface area contributed by atoms with Crippen molar-refractivity contribution in [2.45, 2.75) is 46.0 Å². The zero-order valence-electron chi connectivity index (χ0n) is 13.8. The van der Waals surface area contributed by atoms with Gasteiger partial charge in [-0.1, -0.05) is 13.3 Å². The molecular formula is C16H29NO5. The maximum atomic E-state index is 11.5. The molecule has 0 N–H and O–H groups in total. The summed E-state index contributed by atoms with van der Waals surface area (Å²) in [5, 5.41) is 0. The Morgan fingerprint density at radius 1 is 1.05 bits per heavy atom. The van der Waals surface area contributed by atoms with E-state index in [4.69, 9.17) is 14.2 Å². The Morgan fingerprint density at radius 2 is 1.73 bits per heavy atom. The lowest BCUT2D eigenvalue weighted by Gasteiger charge is -2.26. The van der Waals surface area contributed by atoms with Crippen molar-refractivity contribution >= 4 is 12.1 Å². The molecule has 0 spiro atoms. The Bertz CT molecular complexity index is 328. The molecule has 1 heterocycles. The van der Waals surface area contributed by atoms with Crippen molar-refractivity contribution < 1.29 is 23.8 Å². The van der Waals surface area contributed by atoms with E-state index in [0.29, 0.717) is 6.61 Å². The van der Waals surface area contributed by atoms with Crippen LogP contribution in [-0.2, 0) is 19.0 Å². The minimum atomic E-state index is -0.639. The number of rotatable bonds is 9. The molecule has 1 saturated heterocycles. The fourth-order valence-corrected chi connectivity index (χ4v) is 2.37. The van der Waals surface area contributed by atoms with Crippen molar-refractivity contribution in [3.05, 3.63) is 0 Å². The van der Waals surface area contributed by atoms with Crippen LogP contribution in [0.2, 0.25) is 0 Å². The van der Waals surface area contributed by atoms with Crippen molar-refractivity contribution in [3.63, 3.8) is 0 Å². The number of esters is 1. The van der Waals surface area contributed by atoms with Gasteiger partial charge in [-0.2, -0.15) is 0 Å². The molecule has 0 radical (unpaired) electrons. The van der Waals surface area contributed by atoms with Gasteiger partial charge in [0.2, 0.25) is 0 Å². The molecule has 1 unspecified atom stereocenters. The molecule has 0 aromatic heterocycles. The van der Waals surface area contributed by atoms with E-state index in [0.717, 1.165) is 32.5 Å². The standard InChI is InChI=1S/C16H29NO5/c1-3-15(12-21-14(2)18)13-22-16(19)20-11-7-10-17-8-5-4-6-9-17/h15H,3-13H2,1-2H3. The molecule has 0 amide bonds. The summed E-state index contributed by atoms with van der Waals surface area (Å²) in [4.78, 5) is 24.6. The quantitative estimate of drug-likeness (QED) is 0.481. The third-order valence-electron chi connectivity index (χ3n) is 3.82. The van der Waals surface area contributed by atoms with Crippen LogP contribution < -0.4 is 0 Å². The first-order valence-electron chi connectivity index (χ1n) is 8.27. The van der Waals surface area contributed by atoms with Crippen molar-refractivity contribution in [3.8, 4) is 0 Å². The molecule has 1 rings (SSSR count). The Labute approximate surface area is 133 Å². The highest BCUT2D eigenvalue weighted by molar-refractivity contribution is 5.65. The number of carbonyl (C=O) groups excluding carboxylic acids is 2. The average Bonchev–Trinajstić information content (AvgIpc) is 2.52. The number of hydrogen-bond donors (Lipinski definition) is 0. The number of ether oxygens (including phenoxy) is 3. The lowest BCUT2D eigenvalue weighted by Crippen LogP contribution is -2.31.